The van der Waals surface area contributed by atoms with Crippen LogP contribution in [0.2, 0.25) is 0 Å². The minimum absolute atomic E-state index is 0.0169. The van der Waals surface area contributed by atoms with Crippen LogP contribution in [-0.2, 0) is 18.2 Å². The fourth-order valence-electron chi connectivity index (χ4n) is 4.29. The third kappa shape index (κ3) is 3.09. The second kappa shape index (κ2) is 7.04. The molecule has 7 nitrogen and oxygen atoms in total. The van der Waals surface area contributed by atoms with Gasteiger partial charge in [0.2, 0.25) is 5.95 Å². The Balaban J connectivity index is 1.58. The first-order valence-electron chi connectivity index (χ1n) is 9.63. The van der Waals surface area contributed by atoms with Gasteiger partial charge < -0.3 is 9.64 Å². The van der Waals surface area contributed by atoms with Crippen molar-refractivity contribution in [2.24, 2.45) is 7.05 Å². The molecule has 1 aliphatic carbocycles. The van der Waals surface area contributed by atoms with E-state index in [1.807, 2.05) is 6.07 Å². The van der Waals surface area contributed by atoms with Crippen molar-refractivity contribution in [2.75, 3.05) is 18.1 Å². The lowest BCUT2D eigenvalue weighted by Crippen LogP contribution is -2.51. The molecule has 0 radical (unpaired) electrons. The SMILES string of the molecule is Cn1c(N2CCO[C@H]3c4cc(F)ccc4CC[C@H]32)nc(-c2ccncn2)cc1=O. The number of anilines is 1. The summed E-state index contributed by atoms with van der Waals surface area (Å²) in [7, 11) is 1.72. The summed E-state index contributed by atoms with van der Waals surface area (Å²) >= 11 is 0. The quantitative estimate of drug-likeness (QED) is 0.665. The summed E-state index contributed by atoms with van der Waals surface area (Å²) in [5.74, 6) is 0.311. The zero-order valence-electron chi connectivity index (χ0n) is 16.0. The highest BCUT2D eigenvalue weighted by Gasteiger charge is 2.39. The summed E-state index contributed by atoms with van der Waals surface area (Å²) < 4.78 is 21.5. The molecule has 0 unspecified atom stereocenters. The molecular formula is C21H20FN5O2. The van der Waals surface area contributed by atoms with Crippen LogP contribution in [0.25, 0.3) is 11.4 Å². The molecule has 5 rings (SSSR count). The summed E-state index contributed by atoms with van der Waals surface area (Å²) in [6.45, 7) is 1.09. The van der Waals surface area contributed by atoms with Crippen LogP contribution in [0.1, 0.15) is 23.7 Å². The second-order valence-electron chi connectivity index (χ2n) is 7.37. The Morgan fingerprint density at radius 2 is 2.10 bits per heavy atom. The number of hydrogen-bond donors (Lipinski definition) is 0. The highest BCUT2D eigenvalue weighted by Crippen LogP contribution is 2.39. The Labute approximate surface area is 166 Å². The standard InChI is InChI=1S/C21H20FN5O2/c1-26-19(28)11-17(16-6-7-23-12-24-16)25-21(26)27-8-9-29-20-15-10-14(22)4-2-13(15)3-5-18(20)27/h2,4,6-7,10-12,18,20H,3,5,8-9H2,1H3/t18-,20+/m1/s1. The van der Waals surface area contributed by atoms with Crippen molar-refractivity contribution in [3.8, 4) is 11.4 Å². The van der Waals surface area contributed by atoms with Crippen molar-refractivity contribution in [1.82, 2.24) is 19.5 Å². The third-order valence-corrected chi connectivity index (χ3v) is 5.72. The molecule has 0 saturated carbocycles. The highest BCUT2D eigenvalue weighted by atomic mass is 19.1. The molecule has 1 aliphatic heterocycles. The molecule has 3 aromatic rings. The number of nitrogens with zero attached hydrogens (tertiary/aromatic N) is 5. The molecule has 148 valence electrons. The molecule has 3 heterocycles. The largest absolute Gasteiger partial charge is 0.370 e. The van der Waals surface area contributed by atoms with Gasteiger partial charge >= 0.3 is 0 Å². The van der Waals surface area contributed by atoms with Gasteiger partial charge in [0.15, 0.2) is 0 Å². The van der Waals surface area contributed by atoms with Gasteiger partial charge in [-0.25, -0.2) is 19.3 Å². The van der Waals surface area contributed by atoms with E-state index in [0.717, 1.165) is 24.0 Å². The fraction of sp³-hybridized carbons (Fsp3) is 0.333. The van der Waals surface area contributed by atoms with Gasteiger partial charge in [0.25, 0.3) is 5.56 Å². The van der Waals surface area contributed by atoms with Crippen LogP contribution in [0, 0.1) is 5.82 Å². The van der Waals surface area contributed by atoms with Gasteiger partial charge in [0.1, 0.15) is 18.2 Å². The van der Waals surface area contributed by atoms with Gasteiger partial charge in [0, 0.05) is 25.9 Å². The number of benzene rings is 1. The molecule has 29 heavy (non-hydrogen) atoms. The van der Waals surface area contributed by atoms with E-state index in [2.05, 4.69) is 14.9 Å². The van der Waals surface area contributed by atoms with Gasteiger partial charge in [-0.15, -0.1) is 0 Å². The summed E-state index contributed by atoms with van der Waals surface area (Å²) in [6, 6.07) is 8.10. The maximum Gasteiger partial charge on any atom is 0.255 e. The minimum Gasteiger partial charge on any atom is -0.370 e. The van der Waals surface area contributed by atoms with E-state index in [9.17, 15) is 9.18 Å². The molecule has 0 amide bonds. The number of halogens is 1. The number of rotatable bonds is 2. The highest BCUT2D eigenvalue weighted by molar-refractivity contribution is 5.55. The maximum atomic E-state index is 13.9. The smallest absolute Gasteiger partial charge is 0.255 e. The molecule has 1 fully saturated rings. The molecule has 2 aliphatic rings. The van der Waals surface area contributed by atoms with Gasteiger partial charge in [-0.3, -0.25) is 9.36 Å². The molecule has 0 spiro atoms. The predicted molar refractivity (Wildman–Crippen MR) is 105 cm³/mol. The second-order valence-corrected chi connectivity index (χ2v) is 7.37. The van der Waals surface area contributed by atoms with Crippen molar-refractivity contribution >= 4 is 5.95 Å². The Morgan fingerprint density at radius 3 is 2.93 bits per heavy atom. The van der Waals surface area contributed by atoms with Crippen molar-refractivity contribution in [2.45, 2.75) is 25.0 Å². The van der Waals surface area contributed by atoms with E-state index >= 15 is 0 Å². The topological polar surface area (TPSA) is 73.1 Å². The van der Waals surface area contributed by atoms with E-state index in [1.165, 1.54) is 18.5 Å². The average molecular weight is 393 g/mol. The zero-order chi connectivity index (χ0) is 20.0. The van der Waals surface area contributed by atoms with Gasteiger partial charge in [-0.05, 0) is 42.2 Å². The molecule has 2 aromatic heterocycles. The molecule has 1 saturated heterocycles. The minimum atomic E-state index is -0.263. The summed E-state index contributed by atoms with van der Waals surface area (Å²) in [5.41, 5.74) is 2.96. The Hall–Kier alpha value is -3.13. The molecule has 1 aromatic carbocycles. The fourth-order valence-corrected chi connectivity index (χ4v) is 4.29. The first-order chi connectivity index (χ1) is 14.1. The maximum absolute atomic E-state index is 13.9. The van der Waals surface area contributed by atoms with Crippen LogP contribution in [-0.4, -0.2) is 38.7 Å². The van der Waals surface area contributed by atoms with Crippen LogP contribution in [0.15, 0.2) is 47.7 Å². The van der Waals surface area contributed by atoms with Crippen LogP contribution >= 0.6 is 0 Å². The number of hydrogen-bond acceptors (Lipinski definition) is 6. The van der Waals surface area contributed by atoms with Crippen LogP contribution in [0.3, 0.4) is 0 Å². The lowest BCUT2D eigenvalue weighted by Gasteiger charge is -2.45. The molecular weight excluding hydrogens is 373 g/mol. The number of aromatic nitrogens is 4. The normalized spacial score (nSPS) is 20.8. The van der Waals surface area contributed by atoms with Crippen molar-refractivity contribution in [1.29, 1.82) is 0 Å². The van der Waals surface area contributed by atoms with Crippen LogP contribution in [0.5, 0.6) is 0 Å². The molecule has 8 heteroatoms. The summed E-state index contributed by atoms with van der Waals surface area (Å²) in [6.07, 6.45) is 4.49. The molecule has 0 bridgehead atoms. The van der Waals surface area contributed by atoms with E-state index in [1.54, 1.807) is 29.9 Å². The summed E-state index contributed by atoms with van der Waals surface area (Å²) in [5, 5.41) is 0. The first kappa shape index (κ1) is 17.9. The van der Waals surface area contributed by atoms with Gasteiger partial charge in [-0.1, -0.05) is 6.07 Å². The third-order valence-electron chi connectivity index (χ3n) is 5.72. The Morgan fingerprint density at radius 1 is 1.21 bits per heavy atom. The predicted octanol–water partition coefficient (Wildman–Crippen LogP) is 2.27. The van der Waals surface area contributed by atoms with Crippen molar-refractivity contribution in [3.05, 3.63) is 70.2 Å². The first-order valence-corrected chi connectivity index (χ1v) is 9.63. The Kier molecular flexibility index (Phi) is 4.35. The monoisotopic (exact) mass is 393 g/mol. The van der Waals surface area contributed by atoms with E-state index in [4.69, 9.17) is 9.72 Å². The van der Waals surface area contributed by atoms with Gasteiger partial charge in [-0.2, -0.15) is 0 Å². The van der Waals surface area contributed by atoms with Crippen LogP contribution < -0.4 is 10.5 Å². The van der Waals surface area contributed by atoms with Gasteiger partial charge in [0.05, 0.1) is 24.0 Å². The van der Waals surface area contributed by atoms with E-state index in [-0.39, 0.29) is 23.5 Å². The summed E-state index contributed by atoms with van der Waals surface area (Å²) in [4.78, 5) is 27.7. The Bertz CT molecular complexity index is 1120. The molecule has 0 N–H and O–H groups in total. The van der Waals surface area contributed by atoms with Crippen molar-refractivity contribution < 1.29 is 9.13 Å². The number of ether oxygens (including phenoxy) is 1. The lowest BCUT2D eigenvalue weighted by molar-refractivity contribution is 0.00157. The van der Waals surface area contributed by atoms with E-state index in [0.29, 0.717) is 30.5 Å². The van der Waals surface area contributed by atoms with Crippen molar-refractivity contribution in [3.63, 3.8) is 0 Å². The number of fused-ring (bicyclic) bond motifs is 3. The zero-order valence-corrected chi connectivity index (χ0v) is 16.0. The van der Waals surface area contributed by atoms with Crippen LogP contribution in [0.4, 0.5) is 10.3 Å². The lowest BCUT2D eigenvalue weighted by atomic mass is 9.84. The number of aryl methyl sites for hydroxylation is 1. The van der Waals surface area contributed by atoms with E-state index < -0.39 is 0 Å². The number of morpholine rings is 1. The molecule has 2 atom stereocenters. The average Bonchev–Trinajstić information content (AvgIpc) is 2.75.